The minimum Gasteiger partial charge on any atom is -0.480 e. The van der Waals surface area contributed by atoms with Crippen LogP contribution in [0.5, 0.6) is 0 Å². The average molecular weight is 480 g/mol. The fourth-order valence-electron chi connectivity index (χ4n) is 3.66. The van der Waals surface area contributed by atoms with Gasteiger partial charge in [-0.05, 0) is 41.8 Å². The number of rotatable bonds is 12. The first kappa shape index (κ1) is 28.4. The number of carboxylic acids is 3. The smallest absolute Gasteiger partial charge is 0.317 e. The number of nitriles is 1. The number of thiocyanates is 1. The van der Waals surface area contributed by atoms with Gasteiger partial charge in [0.2, 0.25) is 0 Å². The van der Waals surface area contributed by atoms with E-state index in [2.05, 4.69) is 12.2 Å². The average Bonchev–Trinajstić information content (AvgIpc) is 2.74. The van der Waals surface area contributed by atoms with Crippen LogP contribution in [0.4, 0.5) is 0 Å². The number of thioether (sulfide) groups is 1. The summed E-state index contributed by atoms with van der Waals surface area (Å²) in [4.78, 5) is 34.8. The Morgan fingerprint density at radius 2 is 1.64 bits per heavy atom. The molecule has 182 valence electrons. The lowest BCUT2D eigenvalue weighted by Gasteiger charge is -2.29. The molecule has 0 unspecified atom stereocenters. The molecule has 2 rings (SSSR count). The number of nitrogens with one attached hydrogen (secondary N) is 1. The molecule has 0 saturated heterocycles. The van der Waals surface area contributed by atoms with Crippen molar-refractivity contribution >= 4 is 29.7 Å². The Bertz CT molecular complexity index is 774. The summed E-state index contributed by atoms with van der Waals surface area (Å²) in [7, 11) is 0. The fourth-order valence-corrected chi connectivity index (χ4v) is 4.04. The molecule has 0 aliphatic heterocycles. The molecule has 0 spiro atoms. The molecule has 9 nitrogen and oxygen atoms in total. The third kappa shape index (κ3) is 13.5. The molecule has 1 aromatic rings. The predicted octanol–water partition coefficient (Wildman–Crippen LogP) is 2.90. The molecule has 4 N–H and O–H groups in total. The van der Waals surface area contributed by atoms with Gasteiger partial charge in [0.15, 0.2) is 0 Å². The van der Waals surface area contributed by atoms with E-state index < -0.39 is 37.0 Å². The van der Waals surface area contributed by atoms with Crippen molar-refractivity contribution in [1.29, 1.82) is 5.26 Å². The second kappa shape index (κ2) is 16.1. The van der Waals surface area contributed by atoms with Crippen LogP contribution in [0.2, 0.25) is 0 Å². The number of hydrogen-bond acceptors (Lipinski definition) is 7. The standard InChI is InChI=1S/C16H19N3O6S.C7H14/c17-10-26-13-3-1-11(2-4-13)5-12(6-18-7-14(20)21)19(8-15(22)23)9-16(24)25;1-7-5-3-2-4-6-7/h1-4,12,18H,5-9H2,(H,20,21)(H,22,23)(H,24,25);7H,2-6H2,1H3/t12-;/m1./s1. The van der Waals surface area contributed by atoms with Crippen LogP contribution in [-0.4, -0.2) is 70.3 Å². The van der Waals surface area contributed by atoms with Crippen LogP contribution in [0.1, 0.15) is 44.6 Å². The first-order valence-corrected chi connectivity index (χ1v) is 11.8. The SMILES string of the molecule is CC1CCCCC1.N#CSc1ccc(C[C@H](CNCC(=O)O)N(CC(=O)O)CC(=O)O)cc1. The minimum absolute atomic E-state index is 0.113. The van der Waals surface area contributed by atoms with E-state index in [-0.39, 0.29) is 13.1 Å². The van der Waals surface area contributed by atoms with Crippen molar-refractivity contribution in [2.75, 3.05) is 26.2 Å². The number of benzene rings is 1. The summed E-state index contributed by atoms with van der Waals surface area (Å²) >= 11 is 1.01. The van der Waals surface area contributed by atoms with E-state index in [9.17, 15) is 14.4 Å². The largest absolute Gasteiger partial charge is 0.480 e. The second-order valence-corrected chi connectivity index (χ2v) is 9.01. The van der Waals surface area contributed by atoms with Crippen molar-refractivity contribution in [2.45, 2.75) is 56.4 Å². The molecule has 1 aliphatic rings. The molecule has 0 amide bonds. The fraction of sp³-hybridized carbons (Fsp3) is 0.565. The van der Waals surface area contributed by atoms with Crippen molar-refractivity contribution in [1.82, 2.24) is 10.2 Å². The van der Waals surface area contributed by atoms with E-state index >= 15 is 0 Å². The Balaban J connectivity index is 0.000000657. The second-order valence-electron chi connectivity index (χ2n) is 8.16. The van der Waals surface area contributed by atoms with E-state index in [1.54, 1.807) is 24.3 Å². The van der Waals surface area contributed by atoms with Gasteiger partial charge in [0.25, 0.3) is 0 Å². The van der Waals surface area contributed by atoms with Gasteiger partial charge in [-0.1, -0.05) is 51.2 Å². The molecule has 1 atom stereocenters. The van der Waals surface area contributed by atoms with Gasteiger partial charge in [-0.25, -0.2) is 0 Å². The molecule has 1 saturated carbocycles. The van der Waals surface area contributed by atoms with Crippen LogP contribution in [0, 0.1) is 16.6 Å². The quantitative estimate of drug-likeness (QED) is 0.260. The van der Waals surface area contributed by atoms with Crippen LogP contribution >= 0.6 is 11.8 Å². The summed E-state index contributed by atoms with van der Waals surface area (Å²) in [5, 5.41) is 40.1. The van der Waals surface area contributed by atoms with Crippen LogP contribution in [0.3, 0.4) is 0 Å². The maximum absolute atomic E-state index is 11.1. The third-order valence-corrected chi connectivity index (χ3v) is 5.90. The summed E-state index contributed by atoms with van der Waals surface area (Å²) in [5.74, 6) is -2.37. The van der Waals surface area contributed by atoms with E-state index in [0.29, 0.717) is 6.42 Å². The van der Waals surface area contributed by atoms with Crippen molar-refractivity contribution in [3.63, 3.8) is 0 Å². The lowest BCUT2D eigenvalue weighted by Crippen LogP contribution is -2.48. The van der Waals surface area contributed by atoms with Crippen LogP contribution in [0.25, 0.3) is 0 Å². The molecule has 1 aromatic carbocycles. The van der Waals surface area contributed by atoms with Crippen molar-refractivity contribution in [2.24, 2.45) is 5.92 Å². The first-order chi connectivity index (χ1) is 15.7. The zero-order valence-electron chi connectivity index (χ0n) is 18.9. The molecule has 1 fully saturated rings. The van der Waals surface area contributed by atoms with Crippen molar-refractivity contribution in [3.05, 3.63) is 29.8 Å². The minimum atomic E-state index is -1.17. The molecular formula is C23H33N3O6S. The molecule has 0 bridgehead atoms. The third-order valence-electron chi connectivity index (χ3n) is 5.30. The van der Waals surface area contributed by atoms with E-state index in [1.165, 1.54) is 37.0 Å². The summed E-state index contributed by atoms with van der Waals surface area (Å²) in [6.45, 7) is 1.20. The van der Waals surface area contributed by atoms with Gasteiger partial charge in [-0.3, -0.25) is 19.3 Å². The van der Waals surface area contributed by atoms with Gasteiger partial charge in [0.05, 0.1) is 19.6 Å². The number of aliphatic carboxylic acids is 3. The Labute approximate surface area is 198 Å². The van der Waals surface area contributed by atoms with E-state index in [0.717, 1.165) is 28.1 Å². The number of carbonyl (C=O) groups is 3. The normalized spacial score (nSPS) is 14.6. The lowest BCUT2D eigenvalue weighted by molar-refractivity contribution is -0.143. The van der Waals surface area contributed by atoms with Gasteiger partial charge in [0.1, 0.15) is 5.40 Å². The summed E-state index contributed by atoms with van der Waals surface area (Å²) in [6, 6.07) is 6.48. The molecule has 1 aliphatic carbocycles. The van der Waals surface area contributed by atoms with Gasteiger partial charge >= 0.3 is 17.9 Å². The Hall–Kier alpha value is -2.61. The van der Waals surface area contributed by atoms with Gasteiger partial charge in [-0.2, -0.15) is 5.26 Å². The zero-order chi connectivity index (χ0) is 24.6. The van der Waals surface area contributed by atoms with Crippen molar-refractivity contribution in [3.8, 4) is 5.40 Å². The Morgan fingerprint density at radius 3 is 2.06 bits per heavy atom. The number of nitrogens with zero attached hydrogens (tertiary/aromatic N) is 2. The Kier molecular flexibility index (Phi) is 13.8. The van der Waals surface area contributed by atoms with E-state index in [4.69, 9.17) is 20.6 Å². The highest BCUT2D eigenvalue weighted by Gasteiger charge is 2.23. The molecule has 0 heterocycles. The molecule has 10 heteroatoms. The van der Waals surface area contributed by atoms with E-state index in [1.807, 2.05) is 5.40 Å². The summed E-state index contributed by atoms with van der Waals surface area (Å²) < 4.78 is 0. The highest BCUT2D eigenvalue weighted by atomic mass is 32.2. The molecular weight excluding hydrogens is 446 g/mol. The lowest BCUT2D eigenvalue weighted by atomic mass is 9.91. The Morgan fingerprint density at radius 1 is 1.06 bits per heavy atom. The summed E-state index contributed by atoms with van der Waals surface area (Å²) in [5.41, 5.74) is 0.815. The van der Waals surface area contributed by atoms with Crippen LogP contribution in [0.15, 0.2) is 29.2 Å². The number of carboxylic acid groups (broad SMARTS) is 3. The molecule has 0 radical (unpaired) electrons. The summed E-state index contributed by atoms with van der Waals surface area (Å²) in [6.07, 6.45) is 7.76. The molecule has 33 heavy (non-hydrogen) atoms. The number of hydrogen-bond donors (Lipinski definition) is 4. The maximum Gasteiger partial charge on any atom is 0.317 e. The van der Waals surface area contributed by atoms with Gasteiger partial charge in [0, 0.05) is 17.5 Å². The van der Waals surface area contributed by atoms with Crippen LogP contribution < -0.4 is 5.32 Å². The zero-order valence-corrected chi connectivity index (χ0v) is 19.7. The van der Waals surface area contributed by atoms with Crippen LogP contribution in [-0.2, 0) is 20.8 Å². The predicted molar refractivity (Wildman–Crippen MR) is 125 cm³/mol. The van der Waals surface area contributed by atoms with Gasteiger partial charge in [-0.15, -0.1) is 0 Å². The monoisotopic (exact) mass is 479 g/mol. The maximum atomic E-state index is 11.1. The van der Waals surface area contributed by atoms with Crippen molar-refractivity contribution < 1.29 is 29.7 Å². The highest BCUT2D eigenvalue weighted by Crippen LogP contribution is 2.22. The van der Waals surface area contributed by atoms with Gasteiger partial charge < -0.3 is 20.6 Å². The topological polar surface area (TPSA) is 151 Å². The highest BCUT2D eigenvalue weighted by molar-refractivity contribution is 8.03. The molecule has 0 aromatic heterocycles. The first-order valence-electron chi connectivity index (χ1n) is 11.0.